The molecule has 0 radical (unpaired) electrons. The highest BCUT2D eigenvalue weighted by Gasteiger charge is 2.22. The molecule has 2 rings (SSSR count). The second-order valence-corrected chi connectivity index (χ2v) is 5.39. The molecule has 0 bridgehead atoms. The first kappa shape index (κ1) is 14.7. The van der Waals surface area contributed by atoms with Gasteiger partial charge in [0.1, 0.15) is 5.78 Å². The standard InChI is InChI=1S/C15H20N2O3/c1-16(13-6-8-14(18)9-7-13)11-10-12-4-2-3-5-15(12)17(19)20/h2-5,13H,6-11H2,1H3. The second kappa shape index (κ2) is 6.61. The summed E-state index contributed by atoms with van der Waals surface area (Å²) in [4.78, 5) is 24.1. The van der Waals surface area contributed by atoms with E-state index in [0.717, 1.165) is 24.9 Å². The number of nitro benzene ring substituents is 1. The third-order valence-electron chi connectivity index (χ3n) is 4.06. The summed E-state index contributed by atoms with van der Waals surface area (Å²) in [6, 6.07) is 7.32. The van der Waals surface area contributed by atoms with Crippen LogP contribution in [0.15, 0.2) is 24.3 Å². The van der Waals surface area contributed by atoms with Crippen LogP contribution in [0.25, 0.3) is 0 Å². The second-order valence-electron chi connectivity index (χ2n) is 5.39. The minimum absolute atomic E-state index is 0.194. The summed E-state index contributed by atoms with van der Waals surface area (Å²) in [7, 11) is 2.04. The number of carbonyl (C=O) groups is 1. The summed E-state index contributed by atoms with van der Waals surface area (Å²) >= 11 is 0. The van der Waals surface area contributed by atoms with Crippen LogP contribution in [0, 0.1) is 10.1 Å². The van der Waals surface area contributed by atoms with Gasteiger partial charge in [-0.05, 0) is 26.3 Å². The molecule has 0 unspecified atom stereocenters. The quantitative estimate of drug-likeness (QED) is 0.612. The van der Waals surface area contributed by atoms with Gasteiger partial charge < -0.3 is 4.90 Å². The molecule has 0 aliphatic heterocycles. The van der Waals surface area contributed by atoms with Crippen molar-refractivity contribution in [1.29, 1.82) is 0 Å². The van der Waals surface area contributed by atoms with Crippen molar-refractivity contribution in [3.05, 3.63) is 39.9 Å². The largest absolute Gasteiger partial charge is 0.303 e. The minimum atomic E-state index is -0.325. The van der Waals surface area contributed by atoms with Gasteiger partial charge in [-0.1, -0.05) is 18.2 Å². The Morgan fingerprint density at radius 1 is 1.30 bits per heavy atom. The maximum absolute atomic E-state index is 11.2. The van der Waals surface area contributed by atoms with Gasteiger partial charge in [0.05, 0.1) is 4.92 Å². The first-order valence-corrected chi connectivity index (χ1v) is 7.02. The van der Waals surface area contributed by atoms with Gasteiger partial charge in [0, 0.05) is 37.1 Å². The number of Topliss-reactive ketones (excluding diaryl/α,β-unsaturated/α-hetero) is 1. The summed E-state index contributed by atoms with van der Waals surface area (Å²) in [5, 5.41) is 11.0. The van der Waals surface area contributed by atoms with Crippen LogP contribution in [0.1, 0.15) is 31.2 Å². The van der Waals surface area contributed by atoms with Gasteiger partial charge in [-0.2, -0.15) is 0 Å². The van der Waals surface area contributed by atoms with E-state index >= 15 is 0 Å². The fourth-order valence-electron chi connectivity index (χ4n) is 2.75. The molecule has 1 saturated carbocycles. The maximum atomic E-state index is 11.2. The molecule has 1 aromatic carbocycles. The molecule has 5 heteroatoms. The average Bonchev–Trinajstić information content (AvgIpc) is 2.45. The van der Waals surface area contributed by atoms with Crippen LogP contribution >= 0.6 is 0 Å². The highest BCUT2D eigenvalue weighted by Crippen LogP contribution is 2.22. The van der Waals surface area contributed by atoms with Gasteiger partial charge in [0.25, 0.3) is 5.69 Å². The lowest BCUT2D eigenvalue weighted by molar-refractivity contribution is -0.385. The smallest absolute Gasteiger partial charge is 0.272 e. The van der Waals surface area contributed by atoms with Crippen molar-refractivity contribution in [2.45, 2.75) is 38.1 Å². The summed E-state index contributed by atoms with van der Waals surface area (Å²) in [5.41, 5.74) is 0.968. The first-order valence-electron chi connectivity index (χ1n) is 7.02. The van der Waals surface area contributed by atoms with E-state index in [1.807, 2.05) is 19.2 Å². The number of likely N-dealkylation sites (N-methyl/N-ethyl adjacent to an activating group) is 1. The van der Waals surface area contributed by atoms with Gasteiger partial charge in [-0.25, -0.2) is 0 Å². The van der Waals surface area contributed by atoms with Crippen LogP contribution in [0.5, 0.6) is 0 Å². The molecule has 1 fully saturated rings. The lowest BCUT2D eigenvalue weighted by atomic mass is 9.93. The molecule has 1 aromatic rings. The topological polar surface area (TPSA) is 63.4 Å². The maximum Gasteiger partial charge on any atom is 0.272 e. The van der Waals surface area contributed by atoms with Crippen LogP contribution in [0.4, 0.5) is 5.69 Å². The highest BCUT2D eigenvalue weighted by atomic mass is 16.6. The third-order valence-corrected chi connectivity index (χ3v) is 4.06. The Kier molecular flexibility index (Phi) is 4.84. The van der Waals surface area contributed by atoms with Gasteiger partial charge in [0.2, 0.25) is 0 Å². The van der Waals surface area contributed by atoms with E-state index in [1.165, 1.54) is 0 Å². The van der Waals surface area contributed by atoms with Crippen LogP contribution in [-0.4, -0.2) is 35.2 Å². The molecular weight excluding hydrogens is 256 g/mol. The van der Waals surface area contributed by atoms with Crippen molar-refractivity contribution in [2.75, 3.05) is 13.6 Å². The number of rotatable bonds is 5. The lowest BCUT2D eigenvalue weighted by Gasteiger charge is -2.30. The van der Waals surface area contributed by atoms with Gasteiger partial charge in [-0.15, -0.1) is 0 Å². The number of nitrogens with zero attached hydrogens (tertiary/aromatic N) is 2. The minimum Gasteiger partial charge on any atom is -0.303 e. The molecule has 0 aromatic heterocycles. The van der Waals surface area contributed by atoms with Crippen molar-refractivity contribution >= 4 is 11.5 Å². The average molecular weight is 276 g/mol. The molecule has 20 heavy (non-hydrogen) atoms. The van der Waals surface area contributed by atoms with Crippen molar-refractivity contribution in [3.8, 4) is 0 Å². The third kappa shape index (κ3) is 3.63. The Balaban J connectivity index is 1.92. The number of para-hydroxylation sites is 1. The lowest BCUT2D eigenvalue weighted by Crippen LogP contribution is -2.36. The summed E-state index contributed by atoms with van der Waals surface area (Å²) < 4.78 is 0. The Hall–Kier alpha value is -1.75. The highest BCUT2D eigenvalue weighted by molar-refractivity contribution is 5.79. The zero-order valence-electron chi connectivity index (χ0n) is 11.7. The Morgan fingerprint density at radius 2 is 1.95 bits per heavy atom. The Bertz CT molecular complexity index is 492. The van der Waals surface area contributed by atoms with Crippen LogP contribution in [-0.2, 0) is 11.2 Å². The van der Waals surface area contributed by atoms with Crippen LogP contribution in [0.2, 0.25) is 0 Å². The fourth-order valence-corrected chi connectivity index (χ4v) is 2.75. The number of hydrogen-bond donors (Lipinski definition) is 0. The summed E-state index contributed by atoms with van der Waals surface area (Å²) in [6.45, 7) is 0.781. The Morgan fingerprint density at radius 3 is 2.60 bits per heavy atom. The van der Waals surface area contributed by atoms with E-state index in [0.29, 0.717) is 31.1 Å². The summed E-state index contributed by atoms with van der Waals surface area (Å²) in [5.74, 6) is 0.355. The molecule has 0 heterocycles. The number of benzene rings is 1. The molecule has 108 valence electrons. The van der Waals surface area contributed by atoms with Crippen LogP contribution < -0.4 is 0 Å². The molecule has 5 nitrogen and oxygen atoms in total. The molecule has 1 aliphatic carbocycles. The van der Waals surface area contributed by atoms with E-state index in [2.05, 4.69) is 4.90 Å². The zero-order valence-corrected chi connectivity index (χ0v) is 11.7. The molecule has 0 saturated heterocycles. The fraction of sp³-hybridized carbons (Fsp3) is 0.533. The van der Waals surface area contributed by atoms with Gasteiger partial charge in [0.15, 0.2) is 0 Å². The van der Waals surface area contributed by atoms with Gasteiger partial charge >= 0.3 is 0 Å². The molecule has 0 spiro atoms. The van der Waals surface area contributed by atoms with E-state index in [9.17, 15) is 14.9 Å². The number of carbonyl (C=O) groups excluding carboxylic acids is 1. The van der Waals surface area contributed by atoms with Gasteiger partial charge in [-0.3, -0.25) is 14.9 Å². The van der Waals surface area contributed by atoms with Crippen molar-refractivity contribution in [3.63, 3.8) is 0 Å². The number of ketones is 1. The predicted octanol–water partition coefficient (Wildman–Crippen LogP) is 2.58. The number of nitro groups is 1. The molecule has 1 aliphatic rings. The van der Waals surface area contributed by atoms with Crippen LogP contribution in [0.3, 0.4) is 0 Å². The number of hydrogen-bond acceptors (Lipinski definition) is 4. The van der Waals surface area contributed by atoms with Crippen molar-refractivity contribution in [2.24, 2.45) is 0 Å². The van der Waals surface area contributed by atoms with E-state index in [-0.39, 0.29) is 10.6 Å². The Labute approximate surface area is 118 Å². The monoisotopic (exact) mass is 276 g/mol. The first-order chi connectivity index (χ1) is 9.58. The van der Waals surface area contributed by atoms with Crippen molar-refractivity contribution < 1.29 is 9.72 Å². The molecule has 0 amide bonds. The normalized spacial score (nSPS) is 16.6. The zero-order chi connectivity index (χ0) is 14.5. The van der Waals surface area contributed by atoms with E-state index in [1.54, 1.807) is 12.1 Å². The van der Waals surface area contributed by atoms with Crippen molar-refractivity contribution in [1.82, 2.24) is 4.90 Å². The summed E-state index contributed by atoms with van der Waals surface area (Å²) in [6.07, 6.45) is 3.82. The van der Waals surface area contributed by atoms with E-state index in [4.69, 9.17) is 0 Å². The molecular formula is C15H20N2O3. The molecule has 0 N–H and O–H groups in total. The SMILES string of the molecule is CN(CCc1ccccc1[N+](=O)[O-])C1CCC(=O)CC1. The van der Waals surface area contributed by atoms with E-state index < -0.39 is 0 Å². The predicted molar refractivity (Wildman–Crippen MR) is 76.7 cm³/mol. The molecule has 0 atom stereocenters.